The van der Waals surface area contributed by atoms with Crippen molar-refractivity contribution >= 4 is 62.6 Å². The molecule has 0 saturated carbocycles. The van der Waals surface area contributed by atoms with Crippen LogP contribution in [0.2, 0.25) is 15.1 Å². The first-order valence-electron chi connectivity index (χ1n) is 10.9. The van der Waals surface area contributed by atoms with E-state index in [0.717, 1.165) is 16.2 Å². The average Bonchev–Trinajstić information content (AvgIpc) is 3.24. The first-order valence-corrected chi connectivity index (χ1v) is 14.9. The number of carbonyl (C=O) groups is 1. The summed E-state index contributed by atoms with van der Waals surface area (Å²) in [5.41, 5.74) is 1.06. The third kappa shape index (κ3) is 6.15. The lowest BCUT2D eigenvalue weighted by molar-refractivity contribution is 0.141. The summed E-state index contributed by atoms with van der Waals surface area (Å²) >= 11 is 20.2. The molecule has 4 rings (SSSR count). The van der Waals surface area contributed by atoms with E-state index in [4.69, 9.17) is 34.8 Å². The molecule has 2 amide bonds. The van der Waals surface area contributed by atoms with Crippen molar-refractivity contribution in [2.24, 2.45) is 5.92 Å². The Hall–Kier alpha value is -1.16. The second kappa shape index (κ2) is 10.8. The molecule has 0 aromatic heterocycles. The summed E-state index contributed by atoms with van der Waals surface area (Å²) in [6, 6.07) is 13.4. The summed E-state index contributed by atoms with van der Waals surface area (Å²) in [5.74, 6) is 1.17. The number of hydrogen-bond acceptors (Lipinski definition) is 4. The van der Waals surface area contributed by atoms with Gasteiger partial charge in [-0.05, 0) is 47.9 Å². The lowest BCUT2D eigenvalue weighted by Crippen LogP contribution is -2.53. The van der Waals surface area contributed by atoms with Gasteiger partial charge < -0.3 is 9.80 Å². The van der Waals surface area contributed by atoms with Crippen LogP contribution in [0.25, 0.3) is 0 Å². The van der Waals surface area contributed by atoms with Crippen LogP contribution < -0.4 is 0 Å². The van der Waals surface area contributed by atoms with Gasteiger partial charge in [-0.1, -0.05) is 40.9 Å². The molecule has 2 fully saturated rings. The summed E-state index contributed by atoms with van der Waals surface area (Å²) in [4.78, 5) is 18.1. The lowest BCUT2D eigenvalue weighted by Gasteiger charge is -2.35. The first kappa shape index (κ1) is 25.9. The van der Waals surface area contributed by atoms with E-state index in [9.17, 15) is 13.2 Å². The van der Waals surface area contributed by atoms with E-state index in [1.54, 1.807) is 22.7 Å². The number of sulfonamides is 1. The van der Waals surface area contributed by atoms with Gasteiger partial charge in [0.25, 0.3) is 0 Å². The molecule has 2 aliphatic rings. The Morgan fingerprint density at radius 3 is 2.24 bits per heavy atom. The second-order valence-electron chi connectivity index (χ2n) is 8.64. The predicted octanol–water partition coefficient (Wildman–Crippen LogP) is 5.15. The fraction of sp³-hybridized carbons (Fsp3) is 0.435. The molecular weight excluding hydrogens is 537 g/mol. The molecule has 0 spiro atoms. The molecule has 0 aliphatic carbocycles. The zero-order valence-electron chi connectivity index (χ0n) is 18.7. The van der Waals surface area contributed by atoms with Gasteiger partial charge in [-0.25, -0.2) is 13.2 Å². The number of hydrogen-bond donors (Lipinski definition) is 0. The number of nitrogens with zero attached hydrogens (tertiary/aromatic N) is 3. The summed E-state index contributed by atoms with van der Waals surface area (Å²) in [7, 11) is -3.24. The minimum atomic E-state index is -3.24. The molecule has 2 saturated heterocycles. The van der Waals surface area contributed by atoms with Gasteiger partial charge in [-0.3, -0.25) is 0 Å². The normalized spacial score (nSPS) is 21.8. The van der Waals surface area contributed by atoms with Crippen LogP contribution in [-0.4, -0.2) is 79.8 Å². The predicted molar refractivity (Wildman–Crippen MR) is 140 cm³/mol. The summed E-state index contributed by atoms with van der Waals surface area (Å²) in [5, 5.41) is 1.71. The minimum absolute atomic E-state index is 0.0443. The SMILES string of the molecule is CS(=O)(=O)N1CCN(C(=O)N2CC(CSc3ccc(Cl)cc3)C(c3ccc(Cl)c(Cl)c3)C2)CC1. The molecule has 2 aromatic rings. The Balaban J connectivity index is 1.48. The number of amides is 2. The molecule has 11 heteroatoms. The lowest BCUT2D eigenvalue weighted by atomic mass is 9.90. The number of urea groups is 1. The van der Waals surface area contributed by atoms with Crippen molar-refractivity contribution in [2.75, 3.05) is 51.3 Å². The van der Waals surface area contributed by atoms with Crippen molar-refractivity contribution in [2.45, 2.75) is 10.8 Å². The topological polar surface area (TPSA) is 60.9 Å². The fourth-order valence-electron chi connectivity index (χ4n) is 4.46. The van der Waals surface area contributed by atoms with E-state index in [1.807, 2.05) is 41.3 Å². The minimum Gasteiger partial charge on any atom is -0.324 e. The van der Waals surface area contributed by atoms with Gasteiger partial charge in [0.1, 0.15) is 0 Å². The Morgan fingerprint density at radius 2 is 1.62 bits per heavy atom. The number of halogens is 3. The van der Waals surface area contributed by atoms with Gasteiger partial charge in [-0.2, -0.15) is 4.31 Å². The maximum atomic E-state index is 13.3. The Bertz CT molecular complexity index is 1140. The maximum absolute atomic E-state index is 13.3. The summed E-state index contributed by atoms with van der Waals surface area (Å²) < 4.78 is 25.0. The number of benzene rings is 2. The van der Waals surface area contributed by atoms with Gasteiger partial charge in [-0.15, -0.1) is 11.8 Å². The zero-order chi connectivity index (χ0) is 24.5. The van der Waals surface area contributed by atoms with Crippen LogP contribution in [0.15, 0.2) is 47.4 Å². The van der Waals surface area contributed by atoms with E-state index < -0.39 is 10.0 Å². The Morgan fingerprint density at radius 1 is 0.941 bits per heavy atom. The molecule has 2 aromatic carbocycles. The number of rotatable bonds is 5. The van der Waals surface area contributed by atoms with Crippen LogP contribution >= 0.6 is 46.6 Å². The molecule has 0 N–H and O–H groups in total. The Labute approximate surface area is 220 Å². The van der Waals surface area contributed by atoms with Gasteiger partial charge >= 0.3 is 6.03 Å². The van der Waals surface area contributed by atoms with Crippen LogP contribution in [0.1, 0.15) is 11.5 Å². The van der Waals surface area contributed by atoms with Crippen LogP contribution in [0.4, 0.5) is 4.79 Å². The number of carbonyl (C=O) groups excluding carboxylic acids is 1. The molecule has 6 nitrogen and oxygen atoms in total. The maximum Gasteiger partial charge on any atom is 0.320 e. The molecule has 0 radical (unpaired) electrons. The van der Waals surface area contributed by atoms with Gasteiger partial charge in [0.15, 0.2) is 0 Å². The van der Waals surface area contributed by atoms with Crippen molar-refractivity contribution < 1.29 is 13.2 Å². The summed E-state index contributed by atoms with van der Waals surface area (Å²) in [6.45, 7) is 2.63. The third-order valence-electron chi connectivity index (χ3n) is 6.34. The van der Waals surface area contributed by atoms with Gasteiger partial charge in [0.2, 0.25) is 10.0 Å². The molecule has 0 bridgehead atoms. The van der Waals surface area contributed by atoms with Crippen LogP contribution in [-0.2, 0) is 10.0 Å². The molecule has 2 aliphatic heterocycles. The van der Waals surface area contributed by atoms with E-state index in [-0.39, 0.29) is 17.9 Å². The number of likely N-dealkylation sites (tertiary alicyclic amines) is 1. The molecule has 34 heavy (non-hydrogen) atoms. The largest absolute Gasteiger partial charge is 0.324 e. The highest BCUT2D eigenvalue weighted by atomic mass is 35.5. The molecular formula is C23H26Cl3N3O3S2. The smallest absolute Gasteiger partial charge is 0.320 e. The molecule has 184 valence electrons. The van der Waals surface area contributed by atoms with E-state index >= 15 is 0 Å². The fourth-order valence-corrected chi connectivity index (χ4v) is 6.79. The first-order chi connectivity index (χ1) is 16.1. The summed E-state index contributed by atoms with van der Waals surface area (Å²) in [6.07, 6.45) is 1.20. The van der Waals surface area contributed by atoms with Gasteiger partial charge in [0.05, 0.1) is 16.3 Å². The Kier molecular flexibility index (Phi) is 8.27. The van der Waals surface area contributed by atoms with E-state index in [2.05, 4.69) is 0 Å². The number of thioether (sulfide) groups is 1. The number of piperazine rings is 1. The zero-order valence-corrected chi connectivity index (χ0v) is 22.6. The monoisotopic (exact) mass is 561 g/mol. The quantitative estimate of drug-likeness (QED) is 0.473. The standard InChI is InChI=1S/C23H26Cl3N3O3S2/c1-34(31,32)29-10-8-27(9-11-29)23(30)28-13-17(15-33-19-5-3-18(24)4-6-19)20(14-28)16-2-7-21(25)22(26)12-16/h2-7,12,17,20H,8-11,13-15H2,1H3. The van der Waals surface area contributed by atoms with Crippen molar-refractivity contribution in [1.82, 2.24) is 14.1 Å². The second-order valence-corrected chi connectivity index (χ2v) is 13.0. The van der Waals surface area contributed by atoms with Gasteiger partial charge in [0, 0.05) is 60.9 Å². The molecule has 2 atom stereocenters. The van der Waals surface area contributed by atoms with Crippen molar-refractivity contribution in [3.05, 3.63) is 63.1 Å². The van der Waals surface area contributed by atoms with E-state index in [0.29, 0.717) is 54.3 Å². The van der Waals surface area contributed by atoms with Crippen molar-refractivity contribution in [1.29, 1.82) is 0 Å². The van der Waals surface area contributed by atoms with Crippen LogP contribution in [0.3, 0.4) is 0 Å². The van der Waals surface area contributed by atoms with Crippen molar-refractivity contribution in [3.8, 4) is 0 Å². The van der Waals surface area contributed by atoms with Crippen molar-refractivity contribution in [3.63, 3.8) is 0 Å². The van der Waals surface area contributed by atoms with Crippen LogP contribution in [0, 0.1) is 5.92 Å². The molecule has 2 unspecified atom stereocenters. The highest BCUT2D eigenvalue weighted by molar-refractivity contribution is 7.99. The average molecular weight is 563 g/mol. The molecule has 2 heterocycles. The highest BCUT2D eigenvalue weighted by Crippen LogP contribution is 2.39. The van der Waals surface area contributed by atoms with E-state index in [1.165, 1.54) is 10.6 Å². The third-order valence-corrected chi connectivity index (χ3v) is 9.83. The highest BCUT2D eigenvalue weighted by Gasteiger charge is 2.39. The van der Waals surface area contributed by atoms with Crippen LogP contribution in [0.5, 0.6) is 0 Å².